The first-order chi connectivity index (χ1) is 13.3. The third-order valence-electron chi connectivity index (χ3n) is 4.36. The quantitative estimate of drug-likeness (QED) is 0.312. The summed E-state index contributed by atoms with van der Waals surface area (Å²) in [7, 11) is 0. The minimum absolute atomic E-state index is 0.604. The van der Waals surface area contributed by atoms with Gasteiger partial charge in [-0.05, 0) is 36.6 Å². The predicted octanol–water partition coefficient (Wildman–Crippen LogP) is 6.56. The number of allylic oxidation sites excluding steroid dienone is 1. The summed E-state index contributed by atoms with van der Waals surface area (Å²) in [5.41, 5.74) is 3.49. The average molecular weight is 379 g/mol. The van der Waals surface area contributed by atoms with Crippen LogP contribution in [0.3, 0.4) is 0 Å². The Bertz CT molecular complexity index is 851. The van der Waals surface area contributed by atoms with E-state index in [-0.39, 0.29) is 0 Å². The Balaban J connectivity index is 1.64. The lowest BCUT2D eigenvalue weighted by molar-refractivity contribution is 0.363. The molecule has 0 bridgehead atoms. The molecule has 0 spiro atoms. The van der Waals surface area contributed by atoms with Crippen LogP contribution in [-0.4, -0.2) is 16.8 Å². The van der Waals surface area contributed by atoms with Gasteiger partial charge in [-0.25, -0.2) is 0 Å². The van der Waals surface area contributed by atoms with Gasteiger partial charge < -0.3 is 4.74 Å². The molecule has 0 N–H and O–H groups in total. The fourth-order valence-corrected chi connectivity index (χ4v) is 3.67. The highest BCUT2D eigenvalue weighted by atomic mass is 32.1. The van der Waals surface area contributed by atoms with Gasteiger partial charge in [0.15, 0.2) is 0 Å². The van der Waals surface area contributed by atoms with Crippen molar-refractivity contribution >= 4 is 11.3 Å². The summed E-state index contributed by atoms with van der Waals surface area (Å²) in [5, 5.41) is 10.8. The van der Waals surface area contributed by atoms with Crippen LogP contribution in [0.5, 0.6) is 5.75 Å². The van der Waals surface area contributed by atoms with Crippen LogP contribution in [-0.2, 0) is 6.42 Å². The van der Waals surface area contributed by atoms with Crippen molar-refractivity contribution in [1.82, 2.24) is 10.2 Å². The maximum atomic E-state index is 5.65. The third-order valence-corrected chi connectivity index (χ3v) is 5.39. The van der Waals surface area contributed by atoms with Gasteiger partial charge in [-0.1, -0.05) is 79.7 Å². The molecule has 140 valence electrons. The molecule has 27 heavy (non-hydrogen) atoms. The van der Waals surface area contributed by atoms with Crippen LogP contribution < -0.4 is 4.74 Å². The molecule has 0 atom stereocenters. The number of benzene rings is 2. The van der Waals surface area contributed by atoms with E-state index in [0.717, 1.165) is 27.7 Å². The van der Waals surface area contributed by atoms with Gasteiger partial charge in [0, 0.05) is 12.0 Å². The highest BCUT2D eigenvalue weighted by Crippen LogP contribution is 2.28. The first-order valence-electron chi connectivity index (χ1n) is 9.57. The maximum absolute atomic E-state index is 5.65. The first-order valence-corrected chi connectivity index (χ1v) is 10.4. The van der Waals surface area contributed by atoms with Crippen molar-refractivity contribution in [3.05, 3.63) is 65.7 Å². The minimum atomic E-state index is 0.604. The van der Waals surface area contributed by atoms with Crippen molar-refractivity contribution in [2.45, 2.75) is 39.5 Å². The highest BCUT2D eigenvalue weighted by molar-refractivity contribution is 7.14. The molecule has 0 unspecified atom stereocenters. The minimum Gasteiger partial charge on any atom is -0.490 e. The third kappa shape index (κ3) is 5.51. The number of aryl methyl sites for hydroxylation is 1. The lowest BCUT2D eigenvalue weighted by Crippen LogP contribution is -1.92. The highest BCUT2D eigenvalue weighted by Gasteiger charge is 2.07. The summed E-state index contributed by atoms with van der Waals surface area (Å²) >= 11 is 1.71. The molecule has 0 saturated heterocycles. The number of hydrogen-bond acceptors (Lipinski definition) is 4. The van der Waals surface area contributed by atoms with Crippen molar-refractivity contribution in [1.29, 1.82) is 0 Å². The van der Waals surface area contributed by atoms with Gasteiger partial charge in [0.1, 0.15) is 22.4 Å². The number of ether oxygens (including phenoxy) is 1. The summed E-state index contributed by atoms with van der Waals surface area (Å²) in [4.78, 5) is 0. The molecular weight excluding hydrogens is 352 g/mol. The normalized spacial score (nSPS) is 11.2. The molecule has 3 rings (SSSR count). The van der Waals surface area contributed by atoms with Crippen molar-refractivity contribution < 1.29 is 4.74 Å². The zero-order valence-corrected chi connectivity index (χ0v) is 16.8. The van der Waals surface area contributed by atoms with E-state index >= 15 is 0 Å². The molecule has 0 aliphatic rings. The molecule has 3 aromatic rings. The summed E-state index contributed by atoms with van der Waals surface area (Å²) in [5.74, 6) is 0.887. The Morgan fingerprint density at radius 2 is 1.56 bits per heavy atom. The van der Waals surface area contributed by atoms with Crippen molar-refractivity contribution in [3.8, 4) is 27.4 Å². The Morgan fingerprint density at radius 1 is 0.889 bits per heavy atom. The van der Waals surface area contributed by atoms with E-state index < -0.39 is 0 Å². The molecule has 4 heteroatoms. The van der Waals surface area contributed by atoms with Crippen molar-refractivity contribution in [2.75, 3.05) is 6.61 Å². The molecule has 0 amide bonds. The molecular formula is C23H26N2OS. The van der Waals surface area contributed by atoms with Gasteiger partial charge in [0.25, 0.3) is 0 Å². The Kier molecular flexibility index (Phi) is 7.17. The van der Waals surface area contributed by atoms with Crippen molar-refractivity contribution in [3.63, 3.8) is 0 Å². The van der Waals surface area contributed by atoms with Crippen LogP contribution >= 0.6 is 11.3 Å². The maximum Gasteiger partial charge on any atom is 0.147 e. The first kappa shape index (κ1) is 19.3. The van der Waals surface area contributed by atoms with E-state index in [1.165, 1.54) is 30.4 Å². The van der Waals surface area contributed by atoms with E-state index in [2.05, 4.69) is 53.5 Å². The summed E-state index contributed by atoms with van der Waals surface area (Å²) in [6.45, 7) is 4.81. The Labute approximate surface area is 165 Å². The number of hydrogen-bond donors (Lipinski definition) is 0. The fourth-order valence-electron chi connectivity index (χ4n) is 2.79. The van der Waals surface area contributed by atoms with Crippen LogP contribution in [0.4, 0.5) is 0 Å². The van der Waals surface area contributed by atoms with Crippen molar-refractivity contribution in [2.24, 2.45) is 0 Å². The Morgan fingerprint density at radius 3 is 2.22 bits per heavy atom. The molecule has 1 aromatic heterocycles. The zero-order chi connectivity index (χ0) is 18.9. The fraction of sp³-hybridized carbons (Fsp3) is 0.304. The van der Waals surface area contributed by atoms with E-state index in [9.17, 15) is 0 Å². The SMILES string of the molecule is CC=CCOc1ccc(-c2ccc(-c3nnc(CCCCC)s3)cc2)cc1. The molecule has 1 heterocycles. The van der Waals surface area contributed by atoms with E-state index in [4.69, 9.17) is 4.74 Å². The summed E-state index contributed by atoms with van der Waals surface area (Å²) in [6, 6.07) is 16.8. The topological polar surface area (TPSA) is 35.0 Å². The van der Waals surface area contributed by atoms with E-state index in [1.807, 2.05) is 31.2 Å². The summed E-state index contributed by atoms with van der Waals surface area (Å²) < 4.78 is 5.65. The standard InChI is InChI=1S/C23H26N2OS/c1-3-5-7-8-22-24-25-23(27-22)20-11-9-18(10-12-20)19-13-15-21(16-14-19)26-17-6-4-2/h4,6,9-16H,3,5,7-8,17H2,1-2H3. The number of nitrogens with zero attached hydrogens (tertiary/aromatic N) is 2. The van der Waals surface area contributed by atoms with Crippen LogP contribution in [0.25, 0.3) is 21.7 Å². The second-order valence-corrected chi connectivity index (χ2v) is 7.50. The lowest BCUT2D eigenvalue weighted by atomic mass is 10.0. The lowest BCUT2D eigenvalue weighted by Gasteiger charge is -2.06. The molecule has 0 fully saturated rings. The molecule has 2 aromatic carbocycles. The van der Waals surface area contributed by atoms with Gasteiger partial charge in [0.2, 0.25) is 0 Å². The number of aromatic nitrogens is 2. The van der Waals surface area contributed by atoms with Gasteiger partial charge in [-0.3, -0.25) is 0 Å². The Hall–Kier alpha value is -2.46. The molecule has 3 nitrogen and oxygen atoms in total. The van der Waals surface area contributed by atoms with Gasteiger partial charge >= 0.3 is 0 Å². The average Bonchev–Trinajstić information content (AvgIpc) is 3.18. The second kappa shape index (κ2) is 10.0. The predicted molar refractivity (Wildman–Crippen MR) is 114 cm³/mol. The van der Waals surface area contributed by atoms with Crippen LogP contribution in [0, 0.1) is 0 Å². The summed E-state index contributed by atoms with van der Waals surface area (Å²) in [6.07, 6.45) is 8.70. The van der Waals surface area contributed by atoms with E-state index in [0.29, 0.717) is 6.61 Å². The molecule has 0 saturated carbocycles. The van der Waals surface area contributed by atoms with Crippen LogP contribution in [0.1, 0.15) is 38.1 Å². The number of unbranched alkanes of at least 4 members (excludes halogenated alkanes) is 2. The second-order valence-electron chi connectivity index (χ2n) is 6.44. The molecule has 0 radical (unpaired) electrons. The largest absolute Gasteiger partial charge is 0.490 e. The van der Waals surface area contributed by atoms with Crippen LogP contribution in [0.15, 0.2) is 60.7 Å². The monoisotopic (exact) mass is 378 g/mol. The van der Waals surface area contributed by atoms with Gasteiger partial charge in [-0.15, -0.1) is 10.2 Å². The van der Waals surface area contributed by atoms with E-state index in [1.54, 1.807) is 11.3 Å². The zero-order valence-electron chi connectivity index (χ0n) is 16.0. The smallest absolute Gasteiger partial charge is 0.147 e. The molecule has 0 aliphatic heterocycles. The number of rotatable bonds is 9. The van der Waals surface area contributed by atoms with Crippen LogP contribution in [0.2, 0.25) is 0 Å². The molecule has 0 aliphatic carbocycles. The van der Waals surface area contributed by atoms with Gasteiger partial charge in [0.05, 0.1) is 0 Å². The van der Waals surface area contributed by atoms with Gasteiger partial charge in [-0.2, -0.15) is 0 Å².